The van der Waals surface area contributed by atoms with Crippen molar-refractivity contribution in [3.05, 3.63) is 42.1 Å². The van der Waals surface area contributed by atoms with Crippen LogP contribution in [0.5, 0.6) is 0 Å². The second-order valence-electron chi connectivity index (χ2n) is 5.90. The van der Waals surface area contributed by atoms with E-state index >= 15 is 0 Å². The third-order valence-corrected chi connectivity index (χ3v) is 5.47. The molecule has 2 heterocycles. The number of nitrogens with zero attached hydrogens (tertiary/aromatic N) is 3. The maximum atomic E-state index is 14.0. The fourth-order valence-corrected chi connectivity index (χ4v) is 3.50. The number of aliphatic hydroxyl groups is 1. The second-order valence-corrected chi connectivity index (χ2v) is 7.58. The molecule has 8 nitrogen and oxygen atoms in total. The first kappa shape index (κ1) is 17.9. The Hall–Kier alpha value is -2.90. The van der Waals surface area contributed by atoms with E-state index in [9.17, 15) is 17.9 Å². The van der Waals surface area contributed by atoms with Crippen LogP contribution in [0, 0.1) is 17.1 Å². The van der Waals surface area contributed by atoms with Gasteiger partial charge in [-0.2, -0.15) is 10.4 Å². The van der Waals surface area contributed by atoms with E-state index in [4.69, 9.17) is 5.26 Å². The summed E-state index contributed by atoms with van der Waals surface area (Å²) in [5, 5.41) is 22.6. The quantitative estimate of drug-likeness (QED) is 0.628. The molecule has 0 fully saturated rings. The molecule has 26 heavy (non-hydrogen) atoms. The summed E-state index contributed by atoms with van der Waals surface area (Å²) in [5.74, 6) is -0.626. The number of H-pyrrole nitrogens is 1. The lowest BCUT2D eigenvalue weighted by Crippen LogP contribution is -2.18. The molecule has 2 aromatic heterocycles. The first-order valence-electron chi connectivity index (χ1n) is 7.69. The van der Waals surface area contributed by atoms with Crippen LogP contribution >= 0.6 is 0 Å². The summed E-state index contributed by atoms with van der Waals surface area (Å²) in [6.07, 6.45) is 3.07. The Morgan fingerprint density at radius 1 is 1.42 bits per heavy atom. The van der Waals surface area contributed by atoms with Crippen molar-refractivity contribution in [3.8, 4) is 6.07 Å². The van der Waals surface area contributed by atoms with Crippen LogP contribution in [-0.2, 0) is 10.0 Å². The van der Waals surface area contributed by atoms with Crippen molar-refractivity contribution < 1.29 is 17.9 Å². The Morgan fingerprint density at radius 3 is 2.81 bits per heavy atom. The van der Waals surface area contributed by atoms with E-state index in [1.165, 1.54) is 23.1 Å². The highest BCUT2D eigenvalue weighted by Crippen LogP contribution is 2.29. The highest BCUT2D eigenvalue weighted by Gasteiger charge is 2.22. The van der Waals surface area contributed by atoms with Gasteiger partial charge in [0, 0.05) is 12.4 Å². The minimum atomic E-state index is -3.99. The number of sulfonamides is 1. The van der Waals surface area contributed by atoms with Gasteiger partial charge in [-0.3, -0.25) is 9.40 Å². The number of nitrogens with one attached hydrogen (secondary N) is 2. The summed E-state index contributed by atoms with van der Waals surface area (Å²) >= 11 is 0. The molecule has 10 heteroatoms. The van der Waals surface area contributed by atoms with Crippen LogP contribution in [-0.4, -0.2) is 34.4 Å². The van der Waals surface area contributed by atoms with E-state index in [0.717, 1.165) is 12.3 Å². The first-order chi connectivity index (χ1) is 12.2. The fourth-order valence-electron chi connectivity index (χ4n) is 2.49. The molecule has 0 aliphatic rings. The van der Waals surface area contributed by atoms with Crippen molar-refractivity contribution in [1.82, 2.24) is 14.8 Å². The summed E-state index contributed by atoms with van der Waals surface area (Å²) in [6, 6.07) is 3.81. The molecule has 0 amide bonds. The molecule has 0 saturated carbocycles. The number of halogens is 1. The van der Waals surface area contributed by atoms with Gasteiger partial charge in [0.2, 0.25) is 0 Å². The van der Waals surface area contributed by atoms with Gasteiger partial charge in [0.15, 0.2) is 0 Å². The molecule has 0 spiro atoms. The van der Waals surface area contributed by atoms with Crippen molar-refractivity contribution in [2.45, 2.75) is 30.9 Å². The number of hydrogen-bond acceptors (Lipinski definition) is 5. The van der Waals surface area contributed by atoms with Gasteiger partial charge in [0.1, 0.15) is 16.8 Å². The smallest absolute Gasteiger partial charge is 0.265 e. The van der Waals surface area contributed by atoms with Gasteiger partial charge in [-0.15, -0.1) is 0 Å². The van der Waals surface area contributed by atoms with Crippen molar-refractivity contribution in [2.24, 2.45) is 0 Å². The third kappa shape index (κ3) is 3.02. The van der Waals surface area contributed by atoms with Gasteiger partial charge in [-0.05, 0) is 26.0 Å². The van der Waals surface area contributed by atoms with Gasteiger partial charge >= 0.3 is 0 Å². The number of aromatic nitrogens is 3. The number of benzene rings is 1. The van der Waals surface area contributed by atoms with Gasteiger partial charge in [0.25, 0.3) is 10.0 Å². The number of aliphatic hydroxyl groups excluding tert-OH is 1. The SMILES string of the molecule is C[C@@H](O)[C@H](C)n1cc(S(=O)(=O)Nc2ccc(F)c3c(C#N)c[nH]c23)cn1. The lowest BCUT2D eigenvalue weighted by Gasteiger charge is -2.14. The monoisotopic (exact) mass is 377 g/mol. The van der Waals surface area contributed by atoms with Gasteiger partial charge in [-0.1, -0.05) is 0 Å². The maximum absolute atomic E-state index is 14.0. The predicted molar refractivity (Wildman–Crippen MR) is 92.4 cm³/mol. The molecule has 1 aromatic carbocycles. The molecule has 0 aliphatic carbocycles. The van der Waals surface area contributed by atoms with Gasteiger partial charge < -0.3 is 10.1 Å². The normalized spacial score (nSPS) is 14.1. The van der Waals surface area contributed by atoms with E-state index in [1.54, 1.807) is 13.8 Å². The van der Waals surface area contributed by atoms with Gasteiger partial charge in [0.05, 0.1) is 40.5 Å². The minimum Gasteiger partial charge on any atom is -0.391 e. The molecule has 0 radical (unpaired) electrons. The molecule has 3 aromatic rings. The molecule has 3 N–H and O–H groups in total. The number of aromatic amines is 1. The zero-order valence-corrected chi connectivity index (χ0v) is 14.7. The summed E-state index contributed by atoms with van der Waals surface area (Å²) in [7, 11) is -3.99. The van der Waals surface area contributed by atoms with Crippen LogP contribution in [0.2, 0.25) is 0 Å². The fraction of sp³-hybridized carbons (Fsp3) is 0.250. The topological polar surface area (TPSA) is 124 Å². The van der Waals surface area contributed by atoms with Crippen LogP contribution in [0.4, 0.5) is 10.1 Å². The average molecular weight is 377 g/mol. The Kier molecular flexibility index (Phi) is 4.43. The largest absolute Gasteiger partial charge is 0.391 e. The standard InChI is InChI=1S/C16H16FN5O3S/c1-9(10(2)23)22-8-12(7-20-22)26(24,25)21-14-4-3-13(17)15-11(5-18)6-19-16(14)15/h3-4,6-10,19,21,23H,1-2H3/t9-,10+/m0/s1. The molecular weight excluding hydrogens is 361 g/mol. The Labute approximate surface area is 148 Å². The zero-order valence-electron chi connectivity index (χ0n) is 13.9. The summed E-state index contributed by atoms with van der Waals surface area (Å²) < 4.78 is 42.9. The number of fused-ring (bicyclic) bond motifs is 1. The molecule has 0 unspecified atom stereocenters. The molecule has 0 saturated heterocycles. The summed E-state index contributed by atoms with van der Waals surface area (Å²) in [5.41, 5.74) is 0.367. The minimum absolute atomic E-state index is 0.0196. The Morgan fingerprint density at radius 2 is 2.15 bits per heavy atom. The average Bonchev–Trinajstić information content (AvgIpc) is 3.24. The van der Waals surface area contributed by atoms with Crippen molar-refractivity contribution in [3.63, 3.8) is 0 Å². The third-order valence-electron chi connectivity index (χ3n) is 4.15. The number of rotatable bonds is 5. The molecule has 136 valence electrons. The Bertz CT molecular complexity index is 1110. The zero-order chi connectivity index (χ0) is 19.1. The molecule has 0 aliphatic heterocycles. The summed E-state index contributed by atoms with van der Waals surface area (Å²) in [4.78, 5) is 2.62. The predicted octanol–water partition coefficient (Wildman–Crippen LogP) is 2.12. The van der Waals surface area contributed by atoms with Crippen molar-refractivity contribution in [1.29, 1.82) is 5.26 Å². The van der Waals surface area contributed by atoms with Crippen molar-refractivity contribution >= 4 is 26.6 Å². The molecule has 2 atom stereocenters. The van der Waals surface area contributed by atoms with E-state index in [1.807, 2.05) is 6.07 Å². The van der Waals surface area contributed by atoms with E-state index in [0.29, 0.717) is 0 Å². The highest BCUT2D eigenvalue weighted by molar-refractivity contribution is 7.92. The van der Waals surface area contributed by atoms with Crippen molar-refractivity contribution in [2.75, 3.05) is 4.72 Å². The highest BCUT2D eigenvalue weighted by atomic mass is 32.2. The van der Waals surface area contributed by atoms with Crippen LogP contribution in [0.15, 0.2) is 35.6 Å². The van der Waals surface area contributed by atoms with Gasteiger partial charge in [-0.25, -0.2) is 12.8 Å². The van der Waals surface area contributed by atoms with E-state index < -0.39 is 28.0 Å². The number of nitriles is 1. The molecule has 3 rings (SSSR count). The first-order valence-corrected chi connectivity index (χ1v) is 9.17. The number of hydrogen-bond donors (Lipinski definition) is 3. The molecule has 0 bridgehead atoms. The lowest BCUT2D eigenvalue weighted by atomic mass is 10.1. The van der Waals surface area contributed by atoms with Crippen LogP contribution in [0.1, 0.15) is 25.5 Å². The van der Waals surface area contributed by atoms with E-state index in [-0.39, 0.29) is 27.0 Å². The van der Waals surface area contributed by atoms with E-state index in [2.05, 4.69) is 14.8 Å². The Balaban J connectivity index is 1.99. The van der Waals surface area contributed by atoms with Crippen LogP contribution < -0.4 is 4.72 Å². The van der Waals surface area contributed by atoms with Crippen LogP contribution in [0.3, 0.4) is 0 Å². The number of anilines is 1. The molecular formula is C16H16FN5O3S. The maximum Gasteiger partial charge on any atom is 0.265 e. The second kappa shape index (κ2) is 6.44. The summed E-state index contributed by atoms with van der Waals surface area (Å²) in [6.45, 7) is 3.28. The van der Waals surface area contributed by atoms with Crippen LogP contribution in [0.25, 0.3) is 10.9 Å². The lowest BCUT2D eigenvalue weighted by molar-refractivity contribution is 0.132.